The lowest BCUT2D eigenvalue weighted by molar-refractivity contribution is 0.0981. The lowest BCUT2D eigenvalue weighted by atomic mass is 10.2. The Morgan fingerprint density at radius 2 is 1.86 bits per heavy atom. The first-order valence-corrected chi connectivity index (χ1v) is 8.95. The quantitative estimate of drug-likeness (QED) is 0.728. The first kappa shape index (κ1) is 17.5. The SMILES string of the molecule is O=C(NS(=O)(=O)c1cnc(Cl)c(Br)c1)c1ccc(Cl)cc1Cl. The summed E-state index contributed by atoms with van der Waals surface area (Å²) < 4.78 is 26.5. The number of pyridine rings is 1. The average Bonchev–Trinajstić information content (AvgIpc) is 2.40. The Morgan fingerprint density at radius 1 is 1.18 bits per heavy atom. The Kier molecular flexibility index (Phi) is 5.34. The van der Waals surface area contributed by atoms with Gasteiger partial charge in [0.2, 0.25) is 0 Å². The third kappa shape index (κ3) is 3.91. The molecule has 0 fully saturated rings. The molecule has 2 aromatic rings. The third-order valence-electron chi connectivity index (χ3n) is 2.48. The first-order valence-electron chi connectivity index (χ1n) is 5.54. The van der Waals surface area contributed by atoms with Crippen molar-refractivity contribution in [1.29, 1.82) is 0 Å². The van der Waals surface area contributed by atoms with Gasteiger partial charge in [-0.3, -0.25) is 4.79 Å². The number of sulfonamides is 1. The van der Waals surface area contributed by atoms with Crippen molar-refractivity contribution in [3.05, 3.63) is 55.7 Å². The topological polar surface area (TPSA) is 76.1 Å². The van der Waals surface area contributed by atoms with Crippen LogP contribution in [0.4, 0.5) is 0 Å². The fraction of sp³-hybridized carbons (Fsp3) is 0. The molecule has 1 amide bonds. The van der Waals surface area contributed by atoms with Gasteiger partial charge in [-0.05, 0) is 40.2 Å². The molecule has 0 unspecified atom stereocenters. The molecule has 10 heteroatoms. The number of carbonyl (C=O) groups excluding carboxylic acids is 1. The second kappa shape index (κ2) is 6.72. The maximum atomic E-state index is 12.2. The van der Waals surface area contributed by atoms with Gasteiger partial charge in [0, 0.05) is 11.2 Å². The van der Waals surface area contributed by atoms with Crippen LogP contribution in [0.2, 0.25) is 15.2 Å². The van der Waals surface area contributed by atoms with Crippen LogP contribution >= 0.6 is 50.7 Å². The summed E-state index contributed by atoms with van der Waals surface area (Å²) >= 11 is 20.4. The molecule has 116 valence electrons. The Hall–Kier alpha value is -0.860. The number of aromatic nitrogens is 1. The summed E-state index contributed by atoms with van der Waals surface area (Å²) in [6.45, 7) is 0. The molecule has 2 rings (SSSR count). The predicted octanol–water partition coefficient (Wildman–Crippen LogP) is 3.92. The van der Waals surface area contributed by atoms with Crippen LogP contribution in [0.15, 0.2) is 39.8 Å². The molecule has 0 saturated carbocycles. The summed E-state index contributed by atoms with van der Waals surface area (Å²) in [5.41, 5.74) is -0.0179. The number of carbonyl (C=O) groups is 1. The normalized spacial score (nSPS) is 11.3. The van der Waals surface area contributed by atoms with E-state index in [0.29, 0.717) is 5.02 Å². The lowest BCUT2D eigenvalue weighted by Crippen LogP contribution is -2.30. The number of nitrogens with zero attached hydrogens (tertiary/aromatic N) is 1. The zero-order valence-electron chi connectivity index (χ0n) is 10.5. The smallest absolute Gasteiger partial charge is 0.266 e. The van der Waals surface area contributed by atoms with E-state index in [4.69, 9.17) is 34.8 Å². The number of rotatable bonds is 3. The van der Waals surface area contributed by atoms with Gasteiger partial charge >= 0.3 is 0 Å². The average molecular weight is 445 g/mol. The molecule has 0 aliphatic carbocycles. The molecule has 0 atom stereocenters. The molecule has 22 heavy (non-hydrogen) atoms. The summed E-state index contributed by atoms with van der Waals surface area (Å²) in [7, 11) is -4.12. The summed E-state index contributed by atoms with van der Waals surface area (Å²) in [6, 6.07) is 5.32. The molecule has 1 N–H and O–H groups in total. The van der Waals surface area contributed by atoms with Gasteiger partial charge < -0.3 is 0 Å². The summed E-state index contributed by atoms with van der Waals surface area (Å²) in [5.74, 6) is -0.882. The Morgan fingerprint density at radius 3 is 2.45 bits per heavy atom. The van der Waals surface area contributed by atoms with E-state index in [1.165, 1.54) is 24.3 Å². The first-order chi connectivity index (χ1) is 10.2. The van der Waals surface area contributed by atoms with E-state index in [-0.39, 0.29) is 25.1 Å². The second-order valence-corrected chi connectivity index (χ2v) is 7.74. The number of benzene rings is 1. The predicted molar refractivity (Wildman–Crippen MR) is 88.1 cm³/mol. The maximum absolute atomic E-state index is 12.2. The molecule has 1 aromatic carbocycles. The lowest BCUT2D eigenvalue weighted by Gasteiger charge is -2.08. The molecule has 0 aliphatic heterocycles. The number of hydrogen-bond acceptors (Lipinski definition) is 4. The zero-order chi connectivity index (χ0) is 16.5. The minimum Gasteiger partial charge on any atom is -0.268 e. The van der Waals surface area contributed by atoms with Crippen molar-refractivity contribution in [2.24, 2.45) is 0 Å². The largest absolute Gasteiger partial charge is 0.268 e. The van der Waals surface area contributed by atoms with Crippen LogP contribution in [-0.4, -0.2) is 19.3 Å². The van der Waals surface area contributed by atoms with Crippen LogP contribution < -0.4 is 4.72 Å². The molecular formula is C12H6BrCl3N2O3S. The Balaban J connectivity index is 2.31. The highest BCUT2D eigenvalue weighted by atomic mass is 79.9. The van der Waals surface area contributed by atoms with Gasteiger partial charge in [-0.2, -0.15) is 0 Å². The standard InChI is InChI=1S/C12H6BrCl3N2O3S/c13-9-4-7(5-17-11(9)16)22(20,21)18-12(19)8-2-1-6(14)3-10(8)15/h1-5H,(H,18,19). The Bertz CT molecular complexity index is 859. The van der Waals surface area contributed by atoms with Crippen LogP contribution in [0.1, 0.15) is 10.4 Å². The van der Waals surface area contributed by atoms with Crippen molar-refractivity contribution in [2.75, 3.05) is 0 Å². The van der Waals surface area contributed by atoms with Gasteiger partial charge in [0.15, 0.2) is 0 Å². The van der Waals surface area contributed by atoms with E-state index < -0.39 is 15.9 Å². The minimum absolute atomic E-state index is 0.0179. The number of amides is 1. The van der Waals surface area contributed by atoms with Crippen LogP contribution in [0.3, 0.4) is 0 Å². The highest BCUT2D eigenvalue weighted by Gasteiger charge is 2.21. The summed E-state index contributed by atoms with van der Waals surface area (Å²) in [6.07, 6.45) is 1.03. The minimum atomic E-state index is -4.12. The molecule has 0 radical (unpaired) electrons. The van der Waals surface area contributed by atoms with Crippen LogP contribution in [0.5, 0.6) is 0 Å². The monoisotopic (exact) mass is 442 g/mol. The zero-order valence-corrected chi connectivity index (χ0v) is 15.1. The summed E-state index contributed by atoms with van der Waals surface area (Å²) in [5, 5.41) is 0.469. The van der Waals surface area contributed by atoms with Gasteiger partial charge in [0.25, 0.3) is 15.9 Å². The van der Waals surface area contributed by atoms with Crippen molar-refractivity contribution in [1.82, 2.24) is 9.71 Å². The van der Waals surface area contributed by atoms with Crippen LogP contribution in [0, 0.1) is 0 Å². The molecule has 5 nitrogen and oxygen atoms in total. The fourth-order valence-corrected chi connectivity index (χ4v) is 3.49. The second-order valence-electron chi connectivity index (χ2n) is 4.00. The maximum Gasteiger partial charge on any atom is 0.266 e. The van der Waals surface area contributed by atoms with Gasteiger partial charge in [0.05, 0.1) is 15.1 Å². The van der Waals surface area contributed by atoms with Crippen molar-refractivity contribution in [3.8, 4) is 0 Å². The van der Waals surface area contributed by atoms with Crippen molar-refractivity contribution in [2.45, 2.75) is 4.90 Å². The fourth-order valence-electron chi connectivity index (χ4n) is 1.46. The molecule has 0 saturated heterocycles. The van der Waals surface area contributed by atoms with Crippen molar-refractivity contribution in [3.63, 3.8) is 0 Å². The van der Waals surface area contributed by atoms with Gasteiger partial charge in [0.1, 0.15) is 10.0 Å². The van der Waals surface area contributed by atoms with E-state index >= 15 is 0 Å². The van der Waals surface area contributed by atoms with Crippen LogP contribution in [0.25, 0.3) is 0 Å². The molecule has 0 spiro atoms. The third-order valence-corrected chi connectivity index (χ3v) is 5.46. The van der Waals surface area contributed by atoms with E-state index in [1.807, 2.05) is 4.72 Å². The van der Waals surface area contributed by atoms with E-state index in [2.05, 4.69) is 20.9 Å². The number of nitrogens with one attached hydrogen (secondary N) is 1. The molecule has 0 aliphatic rings. The van der Waals surface area contributed by atoms with Crippen molar-refractivity contribution >= 4 is 66.7 Å². The highest BCUT2D eigenvalue weighted by molar-refractivity contribution is 9.10. The molecule has 1 heterocycles. The summed E-state index contributed by atoms with van der Waals surface area (Å²) in [4.78, 5) is 15.5. The van der Waals surface area contributed by atoms with E-state index in [9.17, 15) is 13.2 Å². The van der Waals surface area contributed by atoms with Crippen molar-refractivity contribution < 1.29 is 13.2 Å². The molecule has 0 bridgehead atoms. The number of hydrogen-bond donors (Lipinski definition) is 1. The van der Waals surface area contributed by atoms with Gasteiger partial charge in [-0.15, -0.1) is 0 Å². The Labute approximate surface area is 149 Å². The molecule has 1 aromatic heterocycles. The molecular weight excluding hydrogens is 438 g/mol. The van der Waals surface area contributed by atoms with Gasteiger partial charge in [-0.25, -0.2) is 18.1 Å². The van der Waals surface area contributed by atoms with Crippen LogP contribution in [-0.2, 0) is 10.0 Å². The van der Waals surface area contributed by atoms with Gasteiger partial charge in [-0.1, -0.05) is 34.8 Å². The van der Waals surface area contributed by atoms with E-state index in [0.717, 1.165) is 6.20 Å². The highest BCUT2D eigenvalue weighted by Crippen LogP contribution is 2.24. The van der Waals surface area contributed by atoms with E-state index in [1.54, 1.807) is 0 Å². The number of halogens is 4.